The summed E-state index contributed by atoms with van der Waals surface area (Å²) in [7, 11) is 4.22. The fourth-order valence-corrected chi connectivity index (χ4v) is 3.22. The van der Waals surface area contributed by atoms with Crippen LogP contribution >= 0.6 is 0 Å². The Bertz CT molecular complexity index is 1040. The summed E-state index contributed by atoms with van der Waals surface area (Å²) in [5, 5.41) is 10.4. The van der Waals surface area contributed by atoms with Gasteiger partial charge in [0.15, 0.2) is 11.5 Å². The molecule has 0 atom stereocenters. The van der Waals surface area contributed by atoms with Gasteiger partial charge in [-0.05, 0) is 31.2 Å². The summed E-state index contributed by atoms with van der Waals surface area (Å²) in [6.45, 7) is 1.66. The maximum atomic E-state index is 13.3. The Morgan fingerprint density at radius 2 is 1.79 bits per heavy atom. The minimum atomic E-state index is -0.644. The van der Waals surface area contributed by atoms with Gasteiger partial charge in [-0.15, -0.1) is 0 Å². The monoisotopic (exact) mass is 395 g/mol. The van der Waals surface area contributed by atoms with Gasteiger partial charge in [0.25, 0.3) is 5.91 Å². The van der Waals surface area contributed by atoms with Crippen molar-refractivity contribution in [3.05, 3.63) is 64.9 Å². The minimum absolute atomic E-state index is 0.112. The van der Waals surface area contributed by atoms with Gasteiger partial charge in [0, 0.05) is 17.3 Å². The number of amides is 1. The molecular weight excluding hydrogens is 374 g/mol. The molecule has 7 nitrogen and oxygen atoms in total. The second kappa shape index (κ2) is 8.10. The molecular formula is C22H21NO6. The molecule has 0 saturated carbocycles. The fraction of sp³-hybridized carbons (Fsp3) is 0.182. The first-order valence-corrected chi connectivity index (χ1v) is 8.78. The molecule has 1 aliphatic heterocycles. The van der Waals surface area contributed by atoms with Crippen molar-refractivity contribution >= 4 is 23.6 Å². The number of hydrogen-bond donors (Lipinski definition) is 1. The van der Waals surface area contributed by atoms with E-state index in [1.54, 1.807) is 49.4 Å². The molecule has 1 aliphatic rings. The van der Waals surface area contributed by atoms with Crippen LogP contribution in [0.15, 0.2) is 59.3 Å². The first kappa shape index (κ1) is 20.0. The smallest absolute Gasteiger partial charge is 0.340 e. The van der Waals surface area contributed by atoms with Crippen LogP contribution in [0.25, 0.3) is 6.08 Å². The van der Waals surface area contributed by atoms with Crippen LogP contribution in [-0.2, 0) is 14.3 Å². The van der Waals surface area contributed by atoms with Crippen molar-refractivity contribution in [2.45, 2.75) is 6.92 Å². The highest BCUT2D eigenvalue weighted by molar-refractivity contribution is 6.24. The number of rotatable bonds is 5. The van der Waals surface area contributed by atoms with Gasteiger partial charge in [-0.3, -0.25) is 9.69 Å². The highest BCUT2D eigenvalue weighted by atomic mass is 16.5. The highest BCUT2D eigenvalue weighted by Crippen LogP contribution is 2.38. The quantitative estimate of drug-likeness (QED) is 0.618. The third kappa shape index (κ3) is 3.54. The van der Waals surface area contributed by atoms with Crippen LogP contribution in [0.2, 0.25) is 0 Å². The van der Waals surface area contributed by atoms with Crippen molar-refractivity contribution in [3.8, 4) is 17.2 Å². The van der Waals surface area contributed by atoms with Crippen molar-refractivity contribution in [1.82, 2.24) is 0 Å². The normalized spacial score (nSPS) is 15.1. The van der Waals surface area contributed by atoms with Crippen molar-refractivity contribution in [2.75, 3.05) is 26.2 Å². The number of hydrogen-bond acceptors (Lipinski definition) is 6. The molecule has 0 saturated heterocycles. The van der Waals surface area contributed by atoms with Gasteiger partial charge < -0.3 is 19.3 Å². The second-order valence-corrected chi connectivity index (χ2v) is 6.25. The predicted molar refractivity (Wildman–Crippen MR) is 108 cm³/mol. The number of anilines is 1. The fourth-order valence-electron chi connectivity index (χ4n) is 3.22. The average molecular weight is 395 g/mol. The lowest BCUT2D eigenvalue weighted by Gasteiger charge is -2.18. The molecule has 0 fully saturated rings. The average Bonchev–Trinajstić information content (AvgIpc) is 2.98. The molecule has 1 heterocycles. The summed E-state index contributed by atoms with van der Waals surface area (Å²) >= 11 is 0. The van der Waals surface area contributed by atoms with E-state index in [0.717, 1.165) is 0 Å². The van der Waals surface area contributed by atoms with E-state index < -0.39 is 11.9 Å². The van der Waals surface area contributed by atoms with E-state index in [1.807, 2.05) is 0 Å². The van der Waals surface area contributed by atoms with Gasteiger partial charge in [0.2, 0.25) is 0 Å². The van der Waals surface area contributed by atoms with Crippen LogP contribution in [-0.4, -0.2) is 38.3 Å². The third-order valence-corrected chi connectivity index (χ3v) is 4.65. The first-order valence-electron chi connectivity index (χ1n) is 8.78. The number of carbonyl (C=O) groups excluding carboxylic acids is 2. The third-order valence-electron chi connectivity index (χ3n) is 4.65. The van der Waals surface area contributed by atoms with Crippen LogP contribution in [0.5, 0.6) is 17.2 Å². The highest BCUT2D eigenvalue weighted by Gasteiger charge is 2.38. The number of esters is 1. The molecule has 29 heavy (non-hydrogen) atoms. The topological polar surface area (TPSA) is 85.3 Å². The van der Waals surface area contributed by atoms with Crippen molar-refractivity contribution in [2.24, 2.45) is 0 Å². The SMILES string of the molecule is COC(=O)C1=C(C)N(c2cccc(OC)c2)C(=O)C1=Cc1cccc(OC)c1O. The van der Waals surface area contributed by atoms with E-state index in [9.17, 15) is 14.7 Å². The van der Waals surface area contributed by atoms with Crippen molar-refractivity contribution < 1.29 is 28.9 Å². The van der Waals surface area contributed by atoms with E-state index in [0.29, 0.717) is 22.7 Å². The molecule has 1 N–H and O–H groups in total. The number of phenols is 1. The number of carbonyl (C=O) groups is 2. The summed E-state index contributed by atoms with van der Waals surface area (Å²) in [5.74, 6) is -0.356. The molecule has 150 valence electrons. The molecule has 2 aromatic carbocycles. The van der Waals surface area contributed by atoms with Crippen molar-refractivity contribution in [1.29, 1.82) is 0 Å². The number of phenolic OH excluding ortho intramolecular Hbond substituents is 1. The number of para-hydroxylation sites is 1. The molecule has 0 spiro atoms. The molecule has 1 amide bonds. The lowest BCUT2D eigenvalue weighted by atomic mass is 10.0. The first-order chi connectivity index (χ1) is 13.9. The molecule has 0 radical (unpaired) electrons. The summed E-state index contributed by atoms with van der Waals surface area (Å²) in [6.07, 6.45) is 1.45. The number of ether oxygens (including phenoxy) is 3. The van der Waals surface area contributed by atoms with Gasteiger partial charge in [0.1, 0.15) is 5.75 Å². The van der Waals surface area contributed by atoms with Gasteiger partial charge in [-0.25, -0.2) is 4.79 Å². The summed E-state index contributed by atoms with van der Waals surface area (Å²) in [5.41, 5.74) is 1.55. The maximum Gasteiger partial charge on any atom is 0.340 e. The lowest BCUT2D eigenvalue weighted by molar-refractivity contribution is -0.136. The van der Waals surface area contributed by atoms with E-state index >= 15 is 0 Å². The van der Waals surface area contributed by atoms with Crippen LogP contribution < -0.4 is 14.4 Å². The molecule has 3 rings (SSSR count). The number of allylic oxidation sites excluding steroid dienone is 1. The summed E-state index contributed by atoms with van der Waals surface area (Å²) < 4.78 is 15.3. The number of methoxy groups -OCH3 is 3. The number of aromatic hydroxyl groups is 1. The zero-order valence-electron chi connectivity index (χ0n) is 16.6. The van der Waals surface area contributed by atoms with E-state index in [4.69, 9.17) is 14.2 Å². The molecule has 2 aromatic rings. The van der Waals surface area contributed by atoms with Gasteiger partial charge in [-0.2, -0.15) is 0 Å². The van der Waals surface area contributed by atoms with Crippen LogP contribution in [0, 0.1) is 0 Å². The van der Waals surface area contributed by atoms with Crippen LogP contribution in [0.1, 0.15) is 12.5 Å². The van der Waals surface area contributed by atoms with Crippen LogP contribution in [0.3, 0.4) is 0 Å². The molecule has 0 bridgehead atoms. The Kier molecular flexibility index (Phi) is 5.59. The second-order valence-electron chi connectivity index (χ2n) is 6.25. The van der Waals surface area contributed by atoms with Gasteiger partial charge >= 0.3 is 5.97 Å². The minimum Gasteiger partial charge on any atom is -0.504 e. The van der Waals surface area contributed by atoms with Gasteiger partial charge in [-0.1, -0.05) is 18.2 Å². The molecule has 0 unspecified atom stereocenters. The molecule has 7 heteroatoms. The van der Waals surface area contributed by atoms with E-state index in [2.05, 4.69) is 0 Å². The number of benzene rings is 2. The Hall–Kier alpha value is -3.74. The Labute approximate surface area is 168 Å². The summed E-state index contributed by atoms with van der Waals surface area (Å²) in [4.78, 5) is 27.2. The Morgan fingerprint density at radius 1 is 1.07 bits per heavy atom. The zero-order valence-corrected chi connectivity index (χ0v) is 16.6. The van der Waals surface area contributed by atoms with Crippen molar-refractivity contribution in [3.63, 3.8) is 0 Å². The number of nitrogens with zero attached hydrogens (tertiary/aromatic N) is 1. The Balaban J connectivity index is 2.17. The lowest BCUT2D eigenvalue weighted by Crippen LogP contribution is -2.24. The van der Waals surface area contributed by atoms with Crippen LogP contribution in [0.4, 0.5) is 5.69 Å². The standard InChI is InChI=1S/C22H21NO6/c1-13-19(22(26)29-4)17(11-14-7-5-10-18(28-3)20(14)24)21(25)23(13)15-8-6-9-16(12-15)27-2/h5-12,24H,1-4H3. The van der Waals surface area contributed by atoms with E-state index in [1.165, 1.54) is 32.3 Å². The molecule has 0 aromatic heterocycles. The summed E-state index contributed by atoms with van der Waals surface area (Å²) in [6, 6.07) is 11.8. The Morgan fingerprint density at radius 3 is 2.45 bits per heavy atom. The van der Waals surface area contributed by atoms with E-state index in [-0.39, 0.29) is 22.6 Å². The molecule has 0 aliphatic carbocycles. The zero-order chi connectivity index (χ0) is 21.1. The maximum absolute atomic E-state index is 13.3. The van der Waals surface area contributed by atoms with Gasteiger partial charge in [0.05, 0.1) is 38.2 Å². The largest absolute Gasteiger partial charge is 0.504 e. The predicted octanol–water partition coefficient (Wildman–Crippen LogP) is 3.29.